The molecular formula is C26H29F3N8O. The smallest absolute Gasteiger partial charge is 0.430 e. The number of anilines is 1. The summed E-state index contributed by atoms with van der Waals surface area (Å²) in [5, 5.41) is 8.35. The lowest BCUT2D eigenvalue weighted by Crippen LogP contribution is -2.38. The molecule has 1 aromatic heterocycles. The SMILES string of the molecule is CN=C(C(C=N)c1cc2c(cc1C)CCN(CC(N)=Nc1nc(N)nc3c(OC)cccc13)C2)C(F)(F)F. The highest BCUT2D eigenvalue weighted by molar-refractivity contribution is 6.06. The van der Waals surface area contributed by atoms with Gasteiger partial charge in [0.1, 0.15) is 22.8 Å². The number of nitrogens with two attached hydrogens (primary N) is 2. The van der Waals surface area contributed by atoms with E-state index in [4.69, 9.17) is 21.6 Å². The summed E-state index contributed by atoms with van der Waals surface area (Å²) in [5.74, 6) is -0.0708. The summed E-state index contributed by atoms with van der Waals surface area (Å²) in [7, 11) is 2.64. The van der Waals surface area contributed by atoms with Gasteiger partial charge in [-0.2, -0.15) is 18.2 Å². The van der Waals surface area contributed by atoms with Crippen LogP contribution in [0.4, 0.5) is 24.9 Å². The van der Waals surface area contributed by atoms with Gasteiger partial charge in [-0.1, -0.05) is 18.2 Å². The molecular weight excluding hydrogens is 497 g/mol. The number of ether oxygens (including phenoxy) is 1. The van der Waals surface area contributed by atoms with Gasteiger partial charge in [0.05, 0.1) is 19.6 Å². The number of aromatic nitrogens is 2. The second-order valence-corrected chi connectivity index (χ2v) is 9.05. The first kappa shape index (κ1) is 27.0. The number of aryl methyl sites for hydroxylation is 1. The molecule has 12 heteroatoms. The number of halogens is 3. The fourth-order valence-electron chi connectivity index (χ4n) is 4.82. The number of nitrogens with one attached hydrogen (secondary N) is 1. The van der Waals surface area contributed by atoms with Gasteiger partial charge in [0.15, 0.2) is 5.82 Å². The Morgan fingerprint density at radius 3 is 2.68 bits per heavy atom. The molecule has 1 atom stereocenters. The molecule has 1 aliphatic rings. The summed E-state index contributed by atoms with van der Waals surface area (Å²) in [5.41, 5.74) is 14.8. The standard InChI is InChI=1S/C26H29F3N8O/c1-14-9-15-7-8-37(12-16(15)10-18(14)19(11-30)23(33-2)26(27,28)29)13-21(31)34-24-17-5-4-6-20(38-3)22(17)35-25(32)36-24/h4-6,9-11,19,30H,7-8,12-13H2,1-3H3,(H4,31,32,34,35,36). The molecule has 2 heterocycles. The quantitative estimate of drug-likeness (QED) is 0.315. The van der Waals surface area contributed by atoms with Gasteiger partial charge in [-0.25, -0.2) is 9.98 Å². The number of nitrogens with zero attached hydrogens (tertiary/aromatic N) is 5. The van der Waals surface area contributed by atoms with Gasteiger partial charge in [0, 0.05) is 31.7 Å². The van der Waals surface area contributed by atoms with Crippen LogP contribution >= 0.6 is 0 Å². The summed E-state index contributed by atoms with van der Waals surface area (Å²) >= 11 is 0. The van der Waals surface area contributed by atoms with Crippen molar-refractivity contribution >= 4 is 40.4 Å². The van der Waals surface area contributed by atoms with Gasteiger partial charge in [0.2, 0.25) is 5.95 Å². The summed E-state index contributed by atoms with van der Waals surface area (Å²) < 4.78 is 46.1. The number of fused-ring (bicyclic) bond motifs is 2. The number of hydrogen-bond donors (Lipinski definition) is 3. The molecule has 0 bridgehead atoms. The Morgan fingerprint density at radius 1 is 1.26 bits per heavy atom. The molecule has 0 aliphatic carbocycles. The number of methoxy groups -OCH3 is 1. The van der Waals surface area contributed by atoms with Crippen LogP contribution in [0.25, 0.3) is 10.9 Å². The van der Waals surface area contributed by atoms with E-state index in [1.165, 1.54) is 7.11 Å². The van der Waals surface area contributed by atoms with Crippen LogP contribution in [0.5, 0.6) is 5.75 Å². The molecule has 3 aromatic rings. The zero-order valence-electron chi connectivity index (χ0n) is 21.3. The molecule has 2 aromatic carbocycles. The Kier molecular flexibility index (Phi) is 7.63. The Morgan fingerprint density at radius 2 is 2.03 bits per heavy atom. The van der Waals surface area contributed by atoms with Gasteiger partial charge < -0.3 is 21.6 Å². The minimum Gasteiger partial charge on any atom is -0.494 e. The largest absolute Gasteiger partial charge is 0.494 e. The first-order chi connectivity index (χ1) is 18.0. The van der Waals surface area contributed by atoms with Crippen LogP contribution in [0.3, 0.4) is 0 Å². The molecule has 5 N–H and O–H groups in total. The van der Waals surface area contributed by atoms with E-state index in [9.17, 15) is 13.2 Å². The normalized spacial score (nSPS) is 15.8. The van der Waals surface area contributed by atoms with Crippen molar-refractivity contribution in [3.05, 3.63) is 52.6 Å². The highest BCUT2D eigenvalue weighted by Crippen LogP contribution is 2.33. The molecule has 38 heavy (non-hydrogen) atoms. The zero-order chi connectivity index (χ0) is 27.6. The Balaban J connectivity index is 1.60. The van der Waals surface area contributed by atoms with Crippen molar-refractivity contribution in [3.8, 4) is 5.75 Å². The number of amidine groups is 1. The molecule has 0 saturated heterocycles. The molecule has 0 fully saturated rings. The molecule has 0 radical (unpaired) electrons. The van der Waals surface area contributed by atoms with E-state index in [1.807, 2.05) is 6.07 Å². The molecule has 1 unspecified atom stereocenters. The summed E-state index contributed by atoms with van der Waals surface area (Å²) in [4.78, 5) is 18.5. The van der Waals surface area contributed by atoms with Gasteiger partial charge in [-0.3, -0.25) is 9.89 Å². The molecule has 0 spiro atoms. The number of hydrogen-bond acceptors (Lipinski definition) is 8. The van der Waals surface area contributed by atoms with E-state index < -0.39 is 17.8 Å². The predicted molar refractivity (Wildman–Crippen MR) is 143 cm³/mol. The topological polar surface area (TPSA) is 139 Å². The van der Waals surface area contributed by atoms with Crippen LogP contribution in [0.2, 0.25) is 0 Å². The van der Waals surface area contributed by atoms with Gasteiger partial charge in [0.25, 0.3) is 0 Å². The fourth-order valence-corrected chi connectivity index (χ4v) is 4.82. The maximum absolute atomic E-state index is 13.6. The van der Waals surface area contributed by atoms with E-state index in [2.05, 4.69) is 24.9 Å². The first-order valence-corrected chi connectivity index (χ1v) is 11.9. The molecule has 0 amide bonds. The average Bonchev–Trinajstić information content (AvgIpc) is 2.86. The Bertz CT molecular complexity index is 1430. The maximum Gasteiger partial charge on any atom is 0.430 e. The number of rotatable bonds is 7. The highest BCUT2D eigenvalue weighted by atomic mass is 19.4. The number of nitrogen functional groups attached to an aromatic ring is 1. The van der Waals surface area contributed by atoms with E-state index >= 15 is 0 Å². The van der Waals surface area contributed by atoms with Crippen molar-refractivity contribution in [2.24, 2.45) is 15.7 Å². The number of aliphatic imine (C=N–C) groups is 2. The Hall–Kier alpha value is -4.06. The monoisotopic (exact) mass is 526 g/mol. The minimum atomic E-state index is -4.63. The summed E-state index contributed by atoms with van der Waals surface area (Å²) in [6.07, 6.45) is -3.13. The highest BCUT2D eigenvalue weighted by Gasteiger charge is 2.40. The van der Waals surface area contributed by atoms with E-state index in [0.29, 0.717) is 65.5 Å². The Labute approximate surface area is 218 Å². The van der Waals surface area contributed by atoms with E-state index in [1.54, 1.807) is 31.2 Å². The van der Waals surface area contributed by atoms with Crippen LogP contribution in [0, 0.1) is 12.3 Å². The van der Waals surface area contributed by atoms with Crippen LogP contribution in [-0.2, 0) is 13.0 Å². The lowest BCUT2D eigenvalue weighted by atomic mass is 9.86. The lowest BCUT2D eigenvalue weighted by Gasteiger charge is -2.30. The van der Waals surface area contributed by atoms with Crippen LogP contribution in [0.1, 0.15) is 28.2 Å². The van der Waals surface area contributed by atoms with Crippen LogP contribution < -0.4 is 16.2 Å². The summed E-state index contributed by atoms with van der Waals surface area (Å²) in [6, 6.07) is 9.02. The third kappa shape index (κ3) is 5.44. The van der Waals surface area contributed by atoms with Crippen molar-refractivity contribution in [1.29, 1.82) is 5.41 Å². The van der Waals surface area contributed by atoms with Crippen LogP contribution in [0.15, 0.2) is 40.3 Å². The van der Waals surface area contributed by atoms with Gasteiger partial charge in [-0.05, 0) is 47.7 Å². The molecule has 4 rings (SSSR count). The van der Waals surface area contributed by atoms with Crippen molar-refractivity contribution in [1.82, 2.24) is 14.9 Å². The minimum absolute atomic E-state index is 0.0398. The third-order valence-corrected chi connectivity index (χ3v) is 6.55. The first-order valence-electron chi connectivity index (χ1n) is 11.9. The van der Waals surface area contributed by atoms with Crippen LogP contribution in [-0.4, -0.2) is 66.1 Å². The lowest BCUT2D eigenvalue weighted by molar-refractivity contribution is -0.0605. The van der Waals surface area contributed by atoms with Crippen molar-refractivity contribution in [2.75, 3.05) is 33.0 Å². The van der Waals surface area contributed by atoms with Crippen molar-refractivity contribution in [2.45, 2.75) is 32.0 Å². The number of benzene rings is 2. The number of alkyl halides is 3. The van der Waals surface area contributed by atoms with Gasteiger partial charge >= 0.3 is 6.18 Å². The second kappa shape index (κ2) is 10.7. The molecule has 1 aliphatic heterocycles. The second-order valence-electron chi connectivity index (χ2n) is 9.05. The van der Waals surface area contributed by atoms with E-state index in [0.717, 1.165) is 24.4 Å². The zero-order valence-corrected chi connectivity index (χ0v) is 21.3. The predicted octanol–water partition coefficient (Wildman–Crippen LogP) is 3.94. The van der Waals surface area contributed by atoms with Gasteiger partial charge in [-0.15, -0.1) is 0 Å². The van der Waals surface area contributed by atoms with Crippen molar-refractivity contribution < 1.29 is 17.9 Å². The van der Waals surface area contributed by atoms with Crippen molar-refractivity contribution in [3.63, 3.8) is 0 Å². The maximum atomic E-state index is 13.6. The molecule has 9 nitrogen and oxygen atoms in total. The fraction of sp³-hybridized carbons (Fsp3) is 0.346. The third-order valence-electron chi connectivity index (χ3n) is 6.55. The number of para-hydroxylation sites is 1. The molecule has 200 valence electrons. The molecule has 0 saturated carbocycles. The van der Waals surface area contributed by atoms with E-state index in [-0.39, 0.29) is 5.95 Å². The average molecular weight is 527 g/mol. The summed E-state index contributed by atoms with van der Waals surface area (Å²) in [6.45, 7) is 3.24.